The van der Waals surface area contributed by atoms with Crippen LogP contribution in [0.15, 0.2) is 24.5 Å². The average Bonchev–Trinajstić information content (AvgIpc) is 2.11. The summed E-state index contributed by atoms with van der Waals surface area (Å²) in [6.45, 7) is 19.6. The van der Waals surface area contributed by atoms with Gasteiger partial charge in [0.25, 0.3) is 0 Å². The maximum Gasteiger partial charge on any atom is 0.571 e. The van der Waals surface area contributed by atoms with Crippen molar-refractivity contribution >= 4 is 8.80 Å². The minimum absolute atomic E-state index is 0.371. The summed E-state index contributed by atoms with van der Waals surface area (Å²) in [6, 6.07) is 0.632. The molecule has 1 heterocycles. The lowest BCUT2D eigenvalue weighted by atomic mass is 9.90. The van der Waals surface area contributed by atoms with E-state index in [1.807, 2.05) is 41.5 Å². The molecule has 1 rings (SSSR count). The maximum atomic E-state index is 6.15. The molecule has 0 bridgehead atoms. The molecule has 1 aliphatic rings. The van der Waals surface area contributed by atoms with Crippen LogP contribution in [0.2, 0.25) is 6.04 Å². The zero-order chi connectivity index (χ0) is 13.5. The molecular weight excluding hydrogens is 232 g/mol. The lowest BCUT2D eigenvalue weighted by molar-refractivity contribution is 0.00578. The van der Waals surface area contributed by atoms with Crippen molar-refractivity contribution in [2.24, 2.45) is 0 Å². The van der Waals surface area contributed by atoms with Crippen LogP contribution >= 0.6 is 0 Å². The summed E-state index contributed by atoms with van der Waals surface area (Å²) in [5, 5.41) is 0. The second-order valence-electron chi connectivity index (χ2n) is 5.85. The van der Waals surface area contributed by atoms with Gasteiger partial charge >= 0.3 is 8.80 Å². The Labute approximate surface area is 106 Å². The first-order valence-electron chi connectivity index (χ1n) is 5.89. The molecule has 0 radical (unpaired) electrons. The highest BCUT2D eigenvalue weighted by atomic mass is 28.4. The Bertz CT molecular complexity index is 311. The zero-order valence-corrected chi connectivity index (χ0v) is 12.8. The summed E-state index contributed by atoms with van der Waals surface area (Å²) in [5.41, 5.74) is 0.264. The van der Waals surface area contributed by atoms with E-state index in [9.17, 15) is 0 Å². The van der Waals surface area contributed by atoms with Crippen LogP contribution in [0.3, 0.4) is 0 Å². The first-order valence-corrected chi connectivity index (χ1v) is 7.82. The van der Waals surface area contributed by atoms with Crippen molar-refractivity contribution in [1.82, 2.24) is 0 Å². The van der Waals surface area contributed by atoms with Crippen LogP contribution in [0.25, 0.3) is 0 Å². The fraction of sp³-hybridized carbons (Fsp3) is 0.692. The highest BCUT2D eigenvalue weighted by Gasteiger charge is 2.62. The number of rotatable bonds is 4. The van der Waals surface area contributed by atoms with Crippen LogP contribution in [-0.4, -0.2) is 20.0 Å². The molecule has 17 heavy (non-hydrogen) atoms. The standard InChI is InChI=1S/C13H24O3Si/c1-10(2)9-17(14-11(3)4)15-12(5,6)13(7,8)16-17/h1,3,9H2,2,4-8H3. The molecule has 1 saturated heterocycles. The molecule has 0 aliphatic carbocycles. The van der Waals surface area contributed by atoms with Crippen LogP contribution in [0.1, 0.15) is 41.5 Å². The minimum atomic E-state index is -2.73. The maximum absolute atomic E-state index is 6.15. The highest BCUT2D eigenvalue weighted by molar-refractivity contribution is 6.62. The van der Waals surface area contributed by atoms with Crippen molar-refractivity contribution in [2.45, 2.75) is 58.8 Å². The molecule has 3 nitrogen and oxygen atoms in total. The first kappa shape index (κ1) is 14.5. The molecule has 0 aromatic carbocycles. The first-order chi connectivity index (χ1) is 7.50. The van der Waals surface area contributed by atoms with Crippen molar-refractivity contribution in [2.75, 3.05) is 0 Å². The summed E-state index contributed by atoms with van der Waals surface area (Å²) in [6.07, 6.45) is 0. The Balaban J connectivity index is 3.03. The van der Waals surface area contributed by atoms with Gasteiger partial charge in [0, 0.05) is 0 Å². The predicted molar refractivity (Wildman–Crippen MR) is 71.6 cm³/mol. The quantitative estimate of drug-likeness (QED) is 0.436. The number of allylic oxidation sites excluding steroid dienone is 2. The average molecular weight is 256 g/mol. The van der Waals surface area contributed by atoms with Crippen molar-refractivity contribution < 1.29 is 13.3 Å². The molecule has 0 amide bonds. The van der Waals surface area contributed by atoms with E-state index in [-0.39, 0.29) is 11.2 Å². The van der Waals surface area contributed by atoms with Crippen LogP contribution in [0.5, 0.6) is 0 Å². The Morgan fingerprint density at radius 3 is 1.76 bits per heavy atom. The van der Waals surface area contributed by atoms with E-state index in [0.29, 0.717) is 11.8 Å². The fourth-order valence-electron chi connectivity index (χ4n) is 1.83. The van der Waals surface area contributed by atoms with Crippen LogP contribution < -0.4 is 0 Å². The van der Waals surface area contributed by atoms with Crippen LogP contribution in [-0.2, 0) is 13.3 Å². The third-order valence-corrected chi connectivity index (χ3v) is 6.46. The zero-order valence-electron chi connectivity index (χ0n) is 11.8. The van der Waals surface area contributed by atoms with E-state index in [1.54, 1.807) is 0 Å². The van der Waals surface area contributed by atoms with Gasteiger partial charge < -0.3 is 13.3 Å². The van der Waals surface area contributed by atoms with Gasteiger partial charge in [-0.1, -0.05) is 12.2 Å². The van der Waals surface area contributed by atoms with E-state index < -0.39 is 8.80 Å². The largest absolute Gasteiger partial charge is 0.571 e. The van der Waals surface area contributed by atoms with Gasteiger partial charge in [-0.05, 0) is 41.5 Å². The van der Waals surface area contributed by atoms with Gasteiger partial charge in [0.2, 0.25) is 0 Å². The van der Waals surface area contributed by atoms with Crippen molar-refractivity contribution in [3.63, 3.8) is 0 Å². The van der Waals surface area contributed by atoms with Gasteiger partial charge in [-0.3, -0.25) is 0 Å². The van der Waals surface area contributed by atoms with Crippen LogP contribution in [0, 0.1) is 0 Å². The van der Waals surface area contributed by atoms with Crippen LogP contribution in [0.4, 0.5) is 0 Å². The summed E-state index contributed by atoms with van der Waals surface area (Å²) < 4.78 is 18.1. The summed E-state index contributed by atoms with van der Waals surface area (Å²) in [4.78, 5) is 0. The second kappa shape index (κ2) is 4.26. The van der Waals surface area contributed by atoms with Gasteiger partial charge in [-0.15, -0.1) is 6.58 Å². The summed E-state index contributed by atoms with van der Waals surface area (Å²) in [7, 11) is -2.73. The van der Waals surface area contributed by atoms with Crippen molar-refractivity contribution in [3.8, 4) is 0 Å². The van der Waals surface area contributed by atoms with E-state index in [0.717, 1.165) is 5.57 Å². The third-order valence-electron chi connectivity index (χ3n) is 3.12. The SMILES string of the molecule is C=C(C)C[Si]1(OC(=C)C)OC(C)(C)C(C)(C)O1. The molecule has 0 saturated carbocycles. The molecule has 0 atom stereocenters. The Kier molecular flexibility index (Phi) is 3.63. The van der Waals surface area contributed by atoms with Crippen molar-refractivity contribution in [3.05, 3.63) is 24.5 Å². The molecule has 0 aromatic rings. The third kappa shape index (κ3) is 3.00. The molecule has 98 valence electrons. The number of hydrogen-bond acceptors (Lipinski definition) is 3. The topological polar surface area (TPSA) is 27.7 Å². The monoisotopic (exact) mass is 256 g/mol. The van der Waals surface area contributed by atoms with Gasteiger partial charge in [-0.2, -0.15) is 0 Å². The summed E-state index contributed by atoms with van der Waals surface area (Å²) in [5.74, 6) is 0.631. The molecule has 0 N–H and O–H groups in total. The lowest BCUT2D eigenvalue weighted by Crippen LogP contribution is -2.42. The normalized spacial score (nSPS) is 24.4. The van der Waals surface area contributed by atoms with Gasteiger partial charge in [0.1, 0.15) is 0 Å². The van der Waals surface area contributed by atoms with E-state index in [1.165, 1.54) is 0 Å². The molecule has 0 spiro atoms. The van der Waals surface area contributed by atoms with E-state index >= 15 is 0 Å². The Hall–Kier alpha value is -0.583. The Morgan fingerprint density at radius 2 is 1.47 bits per heavy atom. The van der Waals surface area contributed by atoms with Gasteiger partial charge in [0.05, 0.1) is 23.0 Å². The predicted octanol–water partition coefficient (Wildman–Crippen LogP) is 3.66. The minimum Gasteiger partial charge on any atom is -0.505 e. The summed E-state index contributed by atoms with van der Waals surface area (Å²) >= 11 is 0. The number of hydrogen-bond donors (Lipinski definition) is 0. The molecule has 0 unspecified atom stereocenters. The smallest absolute Gasteiger partial charge is 0.505 e. The van der Waals surface area contributed by atoms with Gasteiger partial charge in [-0.25, -0.2) is 0 Å². The van der Waals surface area contributed by atoms with E-state index in [2.05, 4.69) is 13.2 Å². The second-order valence-corrected chi connectivity index (χ2v) is 8.18. The fourth-order valence-corrected chi connectivity index (χ4v) is 5.49. The molecular formula is C13H24O3Si. The Morgan fingerprint density at radius 1 is 1.06 bits per heavy atom. The van der Waals surface area contributed by atoms with Gasteiger partial charge in [0.15, 0.2) is 0 Å². The van der Waals surface area contributed by atoms with E-state index in [4.69, 9.17) is 13.3 Å². The highest BCUT2D eigenvalue weighted by Crippen LogP contribution is 2.44. The molecule has 1 aliphatic heterocycles. The molecule has 1 fully saturated rings. The molecule has 0 aromatic heterocycles. The van der Waals surface area contributed by atoms with Crippen molar-refractivity contribution in [1.29, 1.82) is 0 Å². The lowest BCUT2D eigenvalue weighted by Gasteiger charge is -2.31. The molecule has 4 heteroatoms.